The number of halogens is 4. The molecule has 24 heavy (non-hydrogen) atoms. The first-order valence-electron chi connectivity index (χ1n) is 7.60. The van der Waals surface area contributed by atoms with Crippen molar-refractivity contribution in [3.63, 3.8) is 0 Å². The summed E-state index contributed by atoms with van der Waals surface area (Å²) in [4.78, 5) is 11.9. The molecule has 1 saturated heterocycles. The maximum atomic E-state index is 12.7. The van der Waals surface area contributed by atoms with E-state index in [1.54, 1.807) is 13.0 Å². The van der Waals surface area contributed by atoms with Crippen LogP contribution >= 0.6 is 12.4 Å². The maximum absolute atomic E-state index is 12.7. The summed E-state index contributed by atoms with van der Waals surface area (Å²) in [7, 11) is 0. The molecule has 1 fully saturated rings. The summed E-state index contributed by atoms with van der Waals surface area (Å²) in [6, 6.07) is 5.05. The van der Waals surface area contributed by atoms with Gasteiger partial charge in [0, 0.05) is 32.0 Å². The number of alkyl halides is 3. The van der Waals surface area contributed by atoms with Crippen LogP contribution in [0, 0.1) is 5.92 Å². The number of hydrogen-bond donors (Lipinski definition) is 3. The minimum Gasteiger partial charge on any atom is -0.391 e. The van der Waals surface area contributed by atoms with Crippen LogP contribution in [0.2, 0.25) is 0 Å². The SMILES string of the molecule is CC(CC(=O)NCC1CNCC1O)c1cccc(C(F)(F)F)c1.Cl. The quantitative estimate of drug-likeness (QED) is 0.749. The van der Waals surface area contributed by atoms with Crippen molar-refractivity contribution in [3.8, 4) is 0 Å². The van der Waals surface area contributed by atoms with Gasteiger partial charge in [-0.1, -0.05) is 25.1 Å². The lowest BCUT2D eigenvalue weighted by molar-refractivity contribution is -0.137. The topological polar surface area (TPSA) is 61.4 Å². The fourth-order valence-corrected chi connectivity index (χ4v) is 2.66. The first-order valence-corrected chi connectivity index (χ1v) is 7.60. The molecule has 3 unspecified atom stereocenters. The number of carbonyl (C=O) groups is 1. The molecular weight excluding hydrogens is 345 g/mol. The van der Waals surface area contributed by atoms with Gasteiger partial charge in [-0.2, -0.15) is 13.2 Å². The van der Waals surface area contributed by atoms with Crippen molar-refractivity contribution in [2.45, 2.75) is 31.5 Å². The van der Waals surface area contributed by atoms with E-state index in [0.29, 0.717) is 25.2 Å². The molecule has 0 aliphatic carbocycles. The van der Waals surface area contributed by atoms with Crippen molar-refractivity contribution >= 4 is 18.3 Å². The second-order valence-corrected chi connectivity index (χ2v) is 6.02. The Hall–Kier alpha value is -1.31. The molecule has 0 saturated carbocycles. The van der Waals surface area contributed by atoms with Gasteiger partial charge in [0.2, 0.25) is 5.91 Å². The molecule has 1 aromatic carbocycles. The Morgan fingerprint density at radius 1 is 1.42 bits per heavy atom. The molecule has 3 atom stereocenters. The second kappa shape index (κ2) is 8.69. The fraction of sp³-hybridized carbons (Fsp3) is 0.562. The van der Waals surface area contributed by atoms with E-state index >= 15 is 0 Å². The number of benzene rings is 1. The van der Waals surface area contributed by atoms with Gasteiger partial charge in [-0.05, 0) is 17.5 Å². The summed E-state index contributed by atoms with van der Waals surface area (Å²) in [6.07, 6.45) is -4.75. The van der Waals surface area contributed by atoms with Crippen molar-refractivity contribution < 1.29 is 23.1 Å². The van der Waals surface area contributed by atoms with Crippen LogP contribution in [0.25, 0.3) is 0 Å². The molecule has 1 amide bonds. The molecule has 0 spiro atoms. The highest BCUT2D eigenvalue weighted by atomic mass is 35.5. The Morgan fingerprint density at radius 2 is 2.12 bits per heavy atom. The largest absolute Gasteiger partial charge is 0.416 e. The number of β-amino-alcohol motifs (C(OH)–C–C–N with tert-alkyl or cyclic N) is 1. The van der Waals surface area contributed by atoms with Crippen molar-refractivity contribution in [2.75, 3.05) is 19.6 Å². The van der Waals surface area contributed by atoms with E-state index in [2.05, 4.69) is 10.6 Å². The molecule has 1 aromatic rings. The third-order valence-electron chi connectivity index (χ3n) is 4.14. The Kier molecular flexibility index (Phi) is 7.51. The number of hydrogen-bond acceptors (Lipinski definition) is 3. The minimum atomic E-state index is -4.39. The predicted octanol–water partition coefficient (Wildman–Crippen LogP) is 2.32. The lowest BCUT2D eigenvalue weighted by Crippen LogP contribution is -2.34. The van der Waals surface area contributed by atoms with Gasteiger partial charge in [-0.15, -0.1) is 12.4 Å². The van der Waals surface area contributed by atoms with Gasteiger partial charge >= 0.3 is 6.18 Å². The highest BCUT2D eigenvalue weighted by molar-refractivity contribution is 5.85. The Balaban J connectivity index is 0.00000288. The summed E-state index contributed by atoms with van der Waals surface area (Å²) in [5.41, 5.74) is -0.222. The van der Waals surface area contributed by atoms with E-state index < -0.39 is 17.8 Å². The van der Waals surface area contributed by atoms with Crippen LogP contribution in [0.15, 0.2) is 24.3 Å². The van der Waals surface area contributed by atoms with Crippen LogP contribution in [0.3, 0.4) is 0 Å². The summed E-state index contributed by atoms with van der Waals surface area (Å²) in [5.74, 6) is -0.569. The highest BCUT2D eigenvalue weighted by Crippen LogP contribution is 2.31. The molecule has 0 radical (unpaired) electrons. The predicted molar refractivity (Wildman–Crippen MR) is 87.1 cm³/mol. The zero-order valence-corrected chi connectivity index (χ0v) is 14.1. The fourth-order valence-electron chi connectivity index (χ4n) is 2.66. The molecule has 8 heteroatoms. The number of amides is 1. The number of carbonyl (C=O) groups excluding carboxylic acids is 1. The maximum Gasteiger partial charge on any atom is 0.416 e. The molecule has 136 valence electrons. The van der Waals surface area contributed by atoms with E-state index in [1.807, 2.05) is 0 Å². The lowest BCUT2D eigenvalue weighted by atomic mass is 9.95. The van der Waals surface area contributed by atoms with Crippen LogP contribution in [0.5, 0.6) is 0 Å². The van der Waals surface area contributed by atoms with Gasteiger partial charge < -0.3 is 15.7 Å². The van der Waals surface area contributed by atoms with Gasteiger partial charge in [0.25, 0.3) is 0 Å². The van der Waals surface area contributed by atoms with E-state index in [4.69, 9.17) is 0 Å². The van der Waals surface area contributed by atoms with Crippen molar-refractivity contribution in [1.29, 1.82) is 0 Å². The third-order valence-corrected chi connectivity index (χ3v) is 4.14. The van der Waals surface area contributed by atoms with Crippen LogP contribution in [-0.2, 0) is 11.0 Å². The molecule has 1 heterocycles. The molecule has 2 rings (SSSR count). The van der Waals surface area contributed by atoms with Gasteiger partial charge in [-0.3, -0.25) is 4.79 Å². The first-order chi connectivity index (χ1) is 10.8. The molecule has 0 aromatic heterocycles. The van der Waals surface area contributed by atoms with Crippen molar-refractivity contribution in [1.82, 2.24) is 10.6 Å². The van der Waals surface area contributed by atoms with Crippen LogP contribution in [0.1, 0.15) is 30.4 Å². The standard InChI is InChI=1S/C16H21F3N2O2.ClH/c1-10(11-3-2-4-13(6-11)16(17,18)19)5-15(23)21-8-12-7-20-9-14(12)22;/h2-4,6,10,12,14,20,22H,5,7-9H2,1H3,(H,21,23);1H. The number of rotatable bonds is 5. The average Bonchev–Trinajstić information content (AvgIpc) is 2.89. The number of nitrogens with one attached hydrogen (secondary N) is 2. The number of aliphatic hydroxyl groups excluding tert-OH is 1. The Bertz CT molecular complexity index is 554. The summed E-state index contributed by atoms with van der Waals surface area (Å²) >= 11 is 0. The molecule has 3 N–H and O–H groups in total. The normalized spacial score (nSPS) is 21.9. The molecular formula is C16H22ClF3N2O2. The first kappa shape index (κ1) is 20.7. The number of aliphatic hydroxyl groups is 1. The monoisotopic (exact) mass is 366 g/mol. The van der Waals surface area contributed by atoms with Gasteiger partial charge in [0.05, 0.1) is 11.7 Å². The smallest absolute Gasteiger partial charge is 0.391 e. The highest BCUT2D eigenvalue weighted by Gasteiger charge is 2.31. The summed E-state index contributed by atoms with van der Waals surface area (Å²) < 4.78 is 38.1. The van der Waals surface area contributed by atoms with Crippen LogP contribution in [0.4, 0.5) is 13.2 Å². The van der Waals surface area contributed by atoms with Gasteiger partial charge in [0.15, 0.2) is 0 Å². The molecule has 4 nitrogen and oxygen atoms in total. The van der Waals surface area contributed by atoms with Crippen LogP contribution < -0.4 is 10.6 Å². The van der Waals surface area contributed by atoms with E-state index in [9.17, 15) is 23.1 Å². The molecule has 1 aliphatic heterocycles. The van der Waals surface area contributed by atoms with E-state index in [1.165, 1.54) is 6.07 Å². The zero-order chi connectivity index (χ0) is 17.0. The van der Waals surface area contributed by atoms with Gasteiger partial charge in [0.1, 0.15) is 0 Å². The van der Waals surface area contributed by atoms with Crippen LogP contribution in [-0.4, -0.2) is 36.8 Å². The van der Waals surface area contributed by atoms with Crippen molar-refractivity contribution in [2.24, 2.45) is 5.92 Å². The zero-order valence-electron chi connectivity index (χ0n) is 13.3. The second-order valence-electron chi connectivity index (χ2n) is 6.02. The Labute approximate surface area is 145 Å². The van der Waals surface area contributed by atoms with Crippen molar-refractivity contribution in [3.05, 3.63) is 35.4 Å². The Morgan fingerprint density at radius 3 is 2.71 bits per heavy atom. The average molecular weight is 367 g/mol. The third kappa shape index (κ3) is 5.65. The van der Waals surface area contributed by atoms with Gasteiger partial charge in [-0.25, -0.2) is 0 Å². The van der Waals surface area contributed by atoms with E-state index in [0.717, 1.165) is 12.1 Å². The minimum absolute atomic E-state index is 0. The van der Waals surface area contributed by atoms with E-state index in [-0.39, 0.29) is 36.6 Å². The lowest BCUT2D eigenvalue weighted by Gasteiger charge is -2.17. The molecule has 1 aliphatic rings. The summed E-state index contributed by atoms with van der Waals surface area (Å²) in [6.45, 7) is 3.25. The molecule has 0 bridgehead atoms. The summed E-state index contributed by atoms with van der Waals surface area (Å²) in [5, 5.41) is 15.4.